The van der Waals surface area contributed by atoms with Crippen LogP contribution in [0, 0.1) is 5.92 Å². The van der Waals surface area contributed by atoms with Gasteiger partial charge in [-0.1, -0.05) is 13.8 Å². The summed E-state index contributed by atoms with van der Waals surface area (Å²) in [5.74, 6) is 0.702. The number of aromatic nitrogens is 1. The first kappa shape index (κ1) is 13.0. The molecule has 0 bridgehead atoms. The summed E-state index contributed by atoms with van der Waals surface area (Å²) in [5, 5.41) is 4.77. The molecule has 1 fully saturated rings. The van der Waals surface area contributed by atoms with Gasteiger partial charge >= 0.3 is 0 Å². The summed E-state index contributed by atoms with van der Waals surface area (Å²) in [7, 11) is 0. The summed E-state index contributed by atoms with van der Waals surface area (Å²) >= 11 is 1.88. The Morgan fingerprint density at radius 3 is 3.12 bits per heavy atom. The Kier molecular flexibility index (Phi) is 4.54. The van der Waals surface area contributed by atoms with E-state index in [-0.39, 0.29) is 0 Å². The van der Waals surface area contributed by atoms with Crippen LogP contribution in [-0.4, -0.2) is 35.6 Å². The molecule has 0 radical (unpaired) electrons. The monoisotopic (exact) mass is 253 g/mol. The summed E-state index contributed by atoms with van der Waals surface area (Å²) in [5.41, 5.74) is 0. The SMILES string of the molecule is CC(C)Cc1ncc(CN2CCNC(C)C2)s1. The third-order valence-corrected chi connectivity index (χ3v) is 4.02. The van der Waals surface area contributed by atoms with Gasteiger partial charge in [0.05, 0.1) is 5.01 Å². The van der Waals surface area contributed by atoms with Crippen molar-refractivity contribution in [2.75, 3.05) is 19.6 Å². The Morgan fingerprint density at radius 1 is 1.59 bits per heavy atom. The summed E-state index contributed by atoms with van der Waals surface area (Å²) in [6, 6.07) is 0.617. The van der Waals surface area contributed by atoms with Crippen molar-refractivity contribution in [2.24, 2.45) is 5.92 Å². The Bertz CT molecular complexity index is 348. The van der Waals surface area contributed by atoms with Gasteiger partial charge in [-0.05, 0) is 12.8 Å². The maximum Gasteiger partial charge on any atom is 0.0930 e. The van der Waals surface area contributed by atoms with Crippen molar-refractivity contribution < 1.29 is 0 Å². The summed E-state index contributed by atoms with van der Waals surface area (Å²) < 4.78 is 0. The lowest BCUT2D eigenvalue weighted by molar-refractivity contribution is 0.201. The largest absolute Gasteiger partial charge is 0.312 e. The molecule has 2 rings (SSSR count). The molecule has 1 saturated heterocycles. The number of hydrogen-bond donors (Lipinski definition) is 1. The average Bonchev–Trinajstić information content (AvgIpc) is 2.64. The van der Waals surface area contributed by atoms with Crippen LogP contribution in [0.15, 0.2) is 6.20 Å². The van der Waals surface area contributed by atoms with Crippen LogP contribution in [0.25, 0.3) is 0 Å². The summed E-state index contributed by atoms with van der Waals surface area (Å²) in [6.45, 7) is 11.2. The van der Waals surface area contributed by atoms with Gasteiger partial charge in [-0.25, -0.2) is 4.98 Å². The van der Waals surface area contributed by atoms with Crippen LogP contribution >= 0.6 is 11.3 Å². The molecule has 1 aromatic rings. The molecule has 17 heavy (non-hydrogen) atoms. The van der Waals surface area contributed by atoms with Crippen LogP contribution in [0.4, 0.5) is 0 Å². The van der Waals surface area contributed by atoms with Gasteiger partial charge in [-0.2, -0.15) is 0 Å². The minimum atomic E-state index is 0.617. The topological polar surface area (TPSA) is 28.2 Å². The highest BCUT2D eigenvalue weighted by Crippen LogP contribution is 2.18. The van der Waals surface area contributed by atoms with E-state index < -0.39 is 0 Å². The molecular weight excluding hydrogens is 230 g/mol. The van der Waals surface area contributed by atoms with E-state index >= 15 is 0 Å². The zero-order valence-electron chi connectivity index (χ0n) is 11.1. The van der Waals surface area contributed by atoms with E-state index in [4.69, 9.17) is 0 Å². The first-order chi connectivity index (χ1) is 8.13. The molecule has 1 N–H and O–H groups in total. The minimum absolute atomic E-state index is 0.617. The maximum atomic E-state index is 4.52. The molecule has 0 amide bonds. The van der Waals surface area contributed by atoms with E-state index in [0.717, 1.165) is 32.6 Å². The molecule has 0 aliphatic carbocycles. The number of piperazine rings is 1. The lowest BCUT2D eigenvalue weighted by Crippen LogP contribution is -2.48. The third-order valence-electron chi connectivity index (χ3n) is 3.02. The lowest BCUT2D eigenvalue weighted by atomic mass is 10.1. The first-order valence-electron chi connectivity index (χ1n) is 6.53. The molecule has 96 valence electrons. The fraction of sp³-hybridized carbons (Fsp3) is 0.769. The lowest BCUT2D eigenvalue weighted by Gasteiger charge is -2.31. The third kappa shape index (κ3) is 4.05. The summed E-state index contributed by atoms with van der Waals surface area (Å²) in [6.07, 6.45) is 3.18. The van der Waals surface area contributed by atoms with E-state index in [9.17, 15) is 0 Å². The molecular formula is C13H23N3S. The number of rotatable bonds is 4. The Hall–Kier alpha value is -0.450. The van der Waals surface area contributed by atoms with Crippen molar-refractivity contribution in [3.8, 4) is 0 Å². The van der Waals surface area contributed by atoms with Crippen LogP contribution in [0.2, 0.25) is 0 Å². The predicted octanol–water partition coefficient (Wildman–Crippen LogP) is 2.14. The Morgan fingerprint density at radius 2 is 2.41 bits per heavy atom. The van der Waals surface area contributed by atoms with Crippen molar-refractivity contribution in [3.63, 3.8) is 0 Å². The number of thiazole rings is 1. The highest BCUT2D eigenvalue weighted by atomic mass is 32.1. The van der Waals surface area contributed by atoms with Gasteiger partial charge in [0.1, 0.15) is 0 Å². The standard InChI is InChI=1S/C13H23N3S/c1-10(2)6-13-15-7-12(17-13)9-16-5-4-14-11(3)8-16/h7,10-11,14H,4-6,8-9H2,1-3H3. The van der Waals surface area contributed by atoms with Gasteiger partial charge in [0.25, 0.3) is 0 Å². The fourth-order valence-corrected chi connectivity index (χ4v) is 3.42. The van der Waals surface area contributed by atoms with E-state index in [1.165, 1.54) is 9.88 Å². The van der Waals surface area contributed by atoms with Gasteiger partial charge in [0, 0.05) is 49.7 Å². The Balaban J connectivity index is 1.87. The molecule has 2 heterocycles. The van der Waals surface area contributed by atoms with Crippen molar-refractivity contribution in [1.82, 2.24) is 15.2 Å². The first-order valence-corrected chi connectivity index (χ1v) is 7.34. The second-order valence-corrected chi connectivity index (χ2v) is 6.61. The van der Waals surface area contributed by atoms with Gasteiger partial charge < -0.3 is 5.32 Å². The highest BCUT2D eigenvalue weighted by molar-refractivity contribution is 7.11. The van der Waals surface area contributed by atoms with Crippen molar-refractivity contribution in [2.45, 2.75) is 39.8 Å². The molecule has 1 aliphatic rings. The number of nitrogens with zero attached hydrogens (tertiary/aromatic N) is 2. The second kappa shape index (κ2) is 5.94. The zero-order valence-corrected chi connectivity index (χ0v) is 11.9. The van der Waals surface area contributed by atoms with Crippen molar-refractivity contribution >= 4 is 11.3 Å². The highest BCUT2D eigenvalue weighted by Gasteiger charge is 2.16. The van der Waals surface area contributed by atoms with Crippen LogP contribution in [0.3, 0.4) is 0 Å². The molecule has 1 aromatic heterocycles. The molecule has 4 heteroatoms. The normalized spacial score (nSPS) is 22.2. The van der Waals surface area contributed by atoms with Gasteiger partial charge in [-0.3, -0.25) is 4.90 Å². The molecule has 0 aromatic carbocycles. The van der Waals surface area contributed by atoms with E-state index in [1.54, 1.807) is 0 Å². The number of hydrogen-bond acceptors (Lipinski definition) is 4. The fourth-order valence-electron chi connectivity index (χ4n) is 2.24. The average molecular weight is 253 g/mol. The summed E-state index contributed by atoms with van der Waals surface area (Å²) in [4.78, 5) is 8.45. The van der Waals surface area contributed by atoms with Crippen molar-refractivity contribution in [1.29, 1.82) is 0 Å². The van der Waals surface area contributed by atoms with Crippen molar-refractivity contribution in [3.05, 3.63) is 16.1 Å². The second-order valence-electron chi connectivity index (χ2n) is 5.41. The molecule has 1 aliphatic heterocycles. The van der Waals surface area contributed by atoms with E-state index in [0.29, 0.717) is 12.0 Å². The zero-order chi connectivity index (χ0) is 12.3. The van der Waals surface area contributed by atoms with Crippen LogP contribution < -0.4 is 5.32 Å². The smallest absolute Gasteiger partial charge is 0.0930 e. The maximum absolute atomic E-state index is 4.52. The molecule has 1 atom stereocenters. The van der Waals surface area contributed by atoms with Gasteiger partial charge in [0.2, 0.25) is 0 Å². The molecule has 3 nitrogen and oxygen atoms in total. The molecule has 0 spiro atoms. The van der Waals surface area contributed by atoms with Crippen LogP contribution in [0.5, 0.6) is 0 Å². The van der Waals surface area contributed by atoms with Crippen LogP contribution in [-0.2, 0) is 13.0 Å². The molecule has 1 unspecified atom stereocenters. The predicted molar refractivity (Wildman–Crippen MR) is 73.4 cm³/mol. The van der Waals surface area contributed by atoms with E-state index in [2.05, 4.69) is 42.2 Å². The Labute approximate surface area is 108 Å². The van der Waals surface area contributed by atoms with Gasteiger partial charge in [-0.15, -0.1) is 11.3 Å². The van der Waals surface area contributed by atoms with Crippen LogP contribution in [0.1, 0.15) is 30.7 Å². The van der Waals surface area contributed by atoms with E-state index in [1.807, 2.05) is 11.3 Å². The minimum Gasteiger partial charge on any atom is -0.312 e. The number of nitrogens with one attached hydrogen (secondary N) is 1. The quantitative estimate of drug-likeness (QED) is 0.891. The van der Waals surface area contributed by atoms with Gasteiger partial charge in [0.15, 0.2) is 0 Å². The molecule has 0 saturated carbocycles.